The Labute approximate surface area is 75.4 Å². The van der Waals surface area contributed by atoms with Crippen LogP contribution in [0.15, 0.2) is 12.1 Å². The first-order valence-corrected chi connectivity index (χ1v) is 3.95. The highest BCUT2D eigenvalue weighted by molar-refractivity contribution is 6.32. The van der Waals surface area contributed by atoms with Crippen LogP contribution in [0.3, 0.4) is 0 Å². The van der Waals surface area contributed by atoms with Crippen LogP contribution in [0.2, 0.25) is 5.02 Å². The second-order valence-corrected chi connectivity index (χ2v) is 2.73. The Morgan fingerprint density at radius 3 is 2.75 bits per heavy atom. The lowest BCUT2D eigenvalue weighted by atomic mass is 10.1. The summed E-state index contributed by atoms with van der Waals surface area (Å²) < 4.78 is 13.0. The molecule has 0 N–H and O–H groups in total. The zero-order valence-electron chi connectivity index (χ0n) is 6.56. The van der Waals surface area contributed by atoms with Crippen LogP contribution in [-0.4, -0.2) is 0 Å². The highest BCUT2D eigenvalue weighted by Crippen LogP contribution is 2.23. The first-order chi connectivity index (χ1) is 5.70. The van der Waals surface area contributed by atoms with Gasteiger partial charge in [0.1, 0.15) is 11.9 Å². The number of halogens is 2. The van der Waals surface area contributed by atoms with Crippen molar-refractivity contribution in [1.82, 2.24) is 0 Å². The van der Waals surface area contributed by atoms with Crippen LogP contribution in [-0.2, 0) is 6.42 Å². The number of hydrogen-bond acceptors (Lipinski definition) is 1. The molecule has 0 unspecified atom stereocenters. The van der Waals surface area contributed by atoms with Gasteiger partial charge in [-0.25, -0.2) is 4.39 Å². The molecule has 0 saturated heterocycles. The Balaban J connectivity index is 3.36. The van der Waals surface area contributed by atoms with Gasteiger partial charge in [-0.2, -0.15) is 5.26 Å². The van der Waals surface area contributed by atoms with Gasteiger partial charge in [0.15, 0.2) is 0 Å². The van der Waals surface area contributed by atoms with Crippen molar-refractivity contribution in [3.63, 3.8) is 0 Å². The van der Waals surface area contributed by atoms with Gasteiger partial charge in [0.2, 0.25) is 0 Å². The van der Waals surface area contributed by atoms with Crippen LogP contribution in [0.4, 0.5) is 4.39 Å². The van der Waals surface area contributed by atoms with E-state index in [2.05, 4.69) is 0 Å². The van der Waals surface area contributed by atoms with Crippen molar-refractivity contribution in [2.24, 2.45) is 0 Å². The minimum Gasteiger partial charge on any atom is -0.207 e. The zero-order valence-corrected chi connectivity index (χ0v) is 7.32. The van der Waals surface area contributed by atoms with E-state index in [4.69, 9.17) is 16.9 Å². The molecule has 0 bridgehead atoms. The van der Waals surface area contributed by atoms with Crippen LogP contribution in [0.5, 0.6) is 0 Å². The highest BCUT2D eigenvalue weighted by Gasteiger charge is 2.08. The molecule has 0 aliphatic carbocycles. The van der Waals surface area contributed by atoms with Crippen molar-refractivity contribution in [3.05, 3.63) is 34.1 Å². The first-order valence-electron chi connectivity index (χ1n) is 3.57. The first kappa shape index (κ1) is 9.02. The summed E-state index contributed by atoms with van der Waals surface area (Å²) in [7, 11) is 0. The van der Waals surface area contributed by atoms with Gasteiger partial charge in [0.25, 0.3) is 0 Å². The van der Waals surface area contributed by atoms with Crippen molar-refractivity contribution < 1.29 is 4.39 Å². The van der Waals surface area contributed by atoms with Crippen molar-refractivity contribution in [2.75, 3.05) is 0 Å². The Morgan fingerprint density at radius 1 is 1.58 bits per heavy atom. The molecule has 0 radical (unpaired) electrons. The molecule has 1 nitrogen and oxygen atoms in total. The lowest BCUT2D eigenvalue weighted by Gasteiger charge is -2.03. The summed E-state index contributed by atoms with van der Waals surface area (Å²) in [6.07, 6.45) is 0.500. The van der Waals surface area contributed by atoms with E-state index in [1.807, 2.05) is 6.07 Å². The van der Waals surface area contributed by atoms with Crippen LogP contribution in [0, 0.1) is 17.1 Å². The van der Waals surface area contributed by atoms with Gasteiger partial charge in [-0.1, -0.05) is 18.5 Å². The molecular weight excluding hydrogens is 177 g/mol. The molecule has 12 heavy (non-hydrogen) atoms. The summed E-state index contributed by atoms with van der Waals surface area (Å²) in [5.41, 5.74) is 0.741. The molecule has 62 valence electrons. The van der Waals surface area contributed by atoms with Gasteiger partial charge in [-0.05, 0) is 18.6 Å². The molecule has 0 heterocycles. The minimum atomic E-state index is -0.346. The summed E-state index contributed by atoms with van der Waals surface area (Å²) in [6.45, 7) is 1.80. The van der Waals surface area contributed by atoms with E-state index in [9.17, 15) is 4.39 Å². The third-order valence-corrected chi connectivity index (χ3v) is 2.09. The molecular formula is C9H7ClFN. The molecule has 1 aromatic carbocycles. The van der Waals surface area contributed by atoms with Gasteiger partial charge in [0.05, 0.1) is 10.6 Å². The molecule has 0 amide bonds. The third kappa shape index (κ3) is 1.41. The molecule has 1 aromatic rings. The molecule has 0 spiro atoms. The van der Waals surface area contributed by atoms with E-state index < -0.39 is 0 Å². The number of rotatable bonds is 1. The quantitative estimate of drug-likeness (QED) is 0.657. The molecule has 0 atom stereocenters. The lowest BCUT2D eigenvalue weighted by Crippen LogP contribution is -1.91. The zero-order chi connectivity index (χ0) is 9.14. The molecule has 0 fully saturated rings. The predicted octanol–water partition coefficient (Wildman–Crippen LogP) is 2.91. The van der Waals surface area contributed by atoms with E-state index in [0.717, 1.165) is 0 Å². The van der Waals surface area contributed by atoms with E-state index in [-0.39, 0.29) is 10.8 Å². The number of hydrogen-bond donors (Lipinski definition) is 0. The summed E-state index contributed by atoms with van der Waals surface area (Å²) in [5.74, 6) is -0.346. The van der Waals surface area contributed by atoms with E-state index in [1.54, 1.807) is 6.92 Å². The summed E-state index contributed by atoms with van der Waals surface area (Å²) in [6, 6.07) is 4.55. The van der Waals surface area contributed by atoms with Gasteiger partial charge in [-0.3, -0.25) is 0 Å². The minimum absolute atomic E-state index is 0.236. The fourth-order valence-corrected chi connectivity index (χ4v) is 1.34. The fraction of sp³-hybridized carbons (Fsp3) is 0.222. The van der Waals surface area contributed by atoms with Crippen LogP contribution in [0.25, 0.3) is 0 Å². The van der Waals surface area contributed by atoms with Crippen molar-refractivity contribution >= 4 is 11.6 Å². The maximum Gasteiger partial charge on any atom is 0.127 e. The monoisotopic (exact) mass is 183 g/mol. The molecule has 0 aliphatic rings. The van der Waals surface area contributed by atoms with Crippen LogP contribution >= 0.6 is 11.6 Å². The summed E-state index contributed by atoms with van der Waals surface area (Å²) in [4.78, 5) is 0. The van der Waals surface area contributed by atoms with Crippen molar-refractivity contribution in [1.29, 1.82) is 5.26 Å². The third-order valence-electron chi connectivity index (χ3n) is 1.66. The molecule has 3 heteroatoms. The van der Waals surface area contributed by atoms with Crippen molar-refractivity contribution in [3.8, 4) is 6.07 Å². The Morgan fingerprint density at radius 2 is 2.25 bits per heavy atom. The standard InChI is InChI=1S/C9H7ClFN/c1-2-7-8(11)4-3-6(5-12)9(7)10/h3-4H,2H2,1H3. The maximum atomic E-state index is 13.0. The Bertz CT molecular complexity index is 341. The normalized spacial score (nSPS) is 9.50. The van der Waals surface area contributed by atoms with Gasteiger partial charge >= 0.3 is 0 Å². The Hall–Kier alpha value is -1.07. The van der Waals surface area contributed by atoms with Crippen LogP contribution in [0.1, 0.15) is 18.1 Å². The second kappa shape index (κ2) is 3.55. The summed E-state index contributed by atoms with van der Waals surface area (Å²) >= 11 is 5.75. The highest BCUT2D eigenvalue weighted by atomic mass is 35.5. The number of nitrogens with zero attached hydrogens (tertiary/aromatic N) is 1. The second-order valence-electron chi connectivity index (χ2n) is 2.35. The maximum absolute atomic E-state index is 13.0. The summed E-state index contributed by atoms with van der Waals surface area (Å²) in [5, 5.41) is 8.81. The largest absolute Gasteiger partial charge is 0.207 e. The topological polar surface area (TPSA) is 23.8 Å². The molecule has 0 aromatic heterocycles. The van der Waals surface area contributed by atoms with Crippen molar-refractivity contribution in [2.45, 2.75) is 13.3 Å². The molecule has 0 aliphatic heterocycles. The predicted molar refractivity (Wildman–Crippen MR) is 45.5 cm³/mol. The van der Waals surface area contributed by atoms with Gasteiger partial charge in [0, 0.05) is 5.56 Å². The average Bonchev–Trinajstić information content (AvgIpc) is 2.06. The molecule has 0 saturated carbocycles. The smallest absolute Gasteiger partial charge is 0.127 e. The SMILES string of the molecule is CCc1c(F)ccc(C#N)c1Cl. The lowest BCUT2D eigenvalue weighted by molar-refractivity contribution is 0.612. The fourth-order valence-electron chi connectivity index (χ4n) is 1.01. The Kier molecular flexibility index (Phi) is 2.67. The number of nitriles is 1. The van der Waals surface area contributed by atoms with E-state index >= 15 is 0 Å². The van der Waals surface area contributed by atoms with E-state index in [1.165, 1.54) is 12.1 Å². The number of benzene rings is 1. The average molecular weight is 184 g/mol. The van der Waals surface area contributed by atoms with Gasteiger partial charge in [-0.15, -0.1) is 0 Å². The van der Waals surface area contributed by atoms with Crippen LogP contribution < -0.4 is 0 Å². The van der Waals surface area contributed by atoms with Gasteiger partial charge < -0.3 is 0 Å². The molecule has 1 rings (SSSR count). The van der Waals surface area contributed by atoms with E-state index in [0.29, 0.717) is 17.5 Å².